The molecule has 0 radical (unpaired) electrons. The van der Waals surface area contributed by atoms with Crippen molar-refractivity contribution in [1.82, 2.24) is 9.97 Å². The summed E-state index contributed by atoms with van der Waals surface area (Å²) in [4.78, 5) is 7.97. The van der Waals surface area contributed by atoms with Crippen LogP contribution < -0.4 is 5.73 Å². The number of aromatic nitrogens is 2. The van der Waals surface area contributed by atoms with E-state index >= 15 is 0 Å². The third-order valence-electron chi connectivity index (χ3n) is 2.36. The van der Waals surface area contributed by atoms with E-state index in [2.05, 4.69) is 42.0 Å². The molecule has 0 bridgehead atoms. The van der Waals surface area contributed by atoms with E-state index in [-0.39, 0.29) is 0 Å². The van der Waals surface area contributed by atoms with Gasteiger partial charge in [0, 0.05) is 18.0 Å². The summed E-state index contributed by atoms with van der Waals surface area (Å²) in [6, 6.07) is 6.31. The number of rotatable bonds is 1. The maximum absolute atomic E-state index is 5.44. The first-order chi connectivity index (χ1) is 7.16. The van der Waals surface area contributed by atoms with Crippen molar-refractivity contribution in [2.75, 3.05) is 5.73 Å². The monoisotopic (exact) mass is 199 g/mol. The molecule has 1 heterocycles. The molecule has 3 nitrogen and oxygen atoms in total. The second kappa shape index (κ2) is 3.69. The minimum absolute atomic E-state index is 0.309. The van der Waals surface area contributed by atoms with E-state index < -0.39 is 0 Å². The molecule has 1 aromatic carbocycles. The Balaban J connectivity index is 2.49. The van der Waals surface area contributed by atoms with Crippen LogP contribution in [0.5, 0.6) is 0 Å². The molecule has 0 aliphatic rings. The highest BCUT2D eigenvalue weighted by Gasteiger charge is 2.02. The van der Waals surface area contributed by atoms with Crippen molar-refractivity contribution in [3.8, 4) is 11.1 Å². The molecule has 0 aliphatic heterocycles. The molecule has 0 atom stereocenters. The van der Waals surface area contributed by atoms with Crippen molar-refractivity contribution in [1.29, 1.82) is 0 Å². The molecule has 0 saturated heterocycles. The first-order valence-electron chi connectivity index (χ1n) is 4.82. The summed E-state index contributed by atoms with van der Waals surface area (Å²) in [5.41, 5.74) is 10.1. The first kappa shape index (κ1) is 9.65. The second-order valence-corrected chi connectivity index (χ2v) is 3.65. The van der Waals surface area contributed by atoms with Crippen molar-refractivity contribution in [2.24, 2.45) is 0 Å². The fourth-order valence-corrected chi connectivity index (χ4v) is 1.61. The van der Waals surface area contributed by atoms with Gasteiger partial charge in [0.05, 0.1) is 0 Å². The highest BCUT2D eigenvalue weighted by atomic mass is 15.0. The molecule has 0 fully saturated rings. The first-order valence-corrected chi connectivity index (χ1v) is 4.82. The summed E-state index contributed by atoms with van der Waals surface area (Å²) >= 11 is 0. The Kier molecular flexibility index (Phi) is 2.37. The summed E-state index contributed by atoms with van der Waals surface area (Å²) in [6.07, 6.45) is 3.50. The van der Waals surface area contributed by atoms with Crippen molar-refractivity contribution < 1.29 is 0 Å². The third-order valence-corrected chi connectivity index (χ3v) is 2.36. The van der Waals surface area contributed by atoms with Gasteiger partial charge in [-0.25, -0.2) is 9.97 Å². The Morgan fingerprint density at radius 3 is 2.33 bits per heavy atom. The molecule has 2 aromatic rings. The van der Waals surface area contributed by atoms with Crippen LogP contribution in [0.25, 0.3) is 11.1 Å². The predicted molar refractivity (Wildman–Crippen MR) is 61.4 cm³/mol. The topological polar surface area (TPSA) is 51.8 Å². The normalized spacial score (nSPS) is 10.3. The Bertz CT molecular complexity index is 475. The maximum atomic E-state index is 5.44. The van der Waals surface area contributed by atoms with E-state index in [1.54, 1.807) is 12.4 Å². The van der Waals surface area contributed by atoms with Gasteiger partial charge < -0.3 is 5.73 Å². The average Bonchev–Trinajstić information content (AvgIpc) is 2.20. The van der Waals surface area contributed by atoms with Crippen molar-refractivity contribution in [2.45, 2.75) is 13.8 Å². The SMILES string of the molecule is Cc1ccc(-c2cnc(N)nc2)c(C)c1. The number of benzene rings is 1. The molecule has 0 amide bonds. The lowest BCUT2D eigenvalue weighted by Gasteiger charge is -2.06. The number of nitrogens with zero attached hydrogens (tertiary/aromatic N) is 2. The van der Waals surface area contributed by atoms with Gasteiger partial charge in [-0.05, 0) is 25.0 Å². The molecule has 0 aliphatic carbocycles. The average molecular weight is 199 g/mol. The van der Waals surface area contributed by atoms with Crippen LogP contribution in [0.15, 0.2) is 30.6 Å². The third kappa shape index (κ3) is 1.96. The zero-order valence-corrected chi connectivity index (χ0v) is 8.86. The van der Waals surface area contributed by atoms with Crippen LogP contribution in [0.2, 0.25) is 0 Å². The predicted octanol–water partition coefficient (Wildman–Crippen LogP) is 2.34. The van der Waals surface area contributed by atoms with Crippen LogP contribution in [0.3, 0.4) is 0 Å². The van der Waals surface area contributed by atoms with Gasteiger partial charge in [-0.1, -0.05) is 23.8 Å². The lowest BCUT2D eigenvalue weighted by molar-refractivity contribution is 1.18. The van der Waals surface area contributed by atoms with E-state index in [0.717, 1.165) is 11.1 Å². The molecule has 0 unspecified atom stereocenters. The molecule has 2 N–H and O–H groups in total. The second-order valence-electron chi connectivity index (χ2n) is 3.65. The van der Waals surface area contributed by atoms with Gasteiger partial charge in [-0.15, -0.1) is 0 Å². The molecule has 0 saturated carbocycles. The van der Waals surface area contributed by atoms with Crippen LogP contribution >= 0.6 is 0 Å². The summed E-state index contributed by atoms with van der Waals surface area (Å²) in [5.74, 6) is 0.309. The van der Waals surface area contributed by atoms with Crippen LogP contribution in [0, 0.1) is 13.8 Å². The Labute approximate surface area is 89.0 Å². The highest BCUT2D eigenvalue weighted by molar-refractivity contribution is 5.66. The lowest BCUT2D eigenvalue weighted by atomic mass is 10.0. The van der Waals surface area contributed by atoms with E-state index in [9.17, 15) is 0 Å². The molecule has 3 heteroatoms. The quantitative estimate of drug-likeness (QED) is 0.767. The zero-order valence-electron chi connectivity index (χ0n) is 8.86. The van der Waals surface area contributed by atoms with Gasteiger partial charge in [0.15, 0.2) is 0 Å². The minimum atomic E-state index is 0.309. The van der Waals surface area contributed by atoms with Crippen molar-refractivity contribution >= 4 is 5.95 Å². The molecule has 15 heavy (non-hydrogen) atoms. The zero-order chi connectivity index (χ0) is 10.8. The highest BCUT2D eigenvalue weighted by Crippen LogP contribution is 2.22. The van der Waals surface area contributed by atoms with Crippen molar-refractivity contribution in [3.05, 3.63) is 41.7 Å². The van der Waals surface area contributed by atoms with E-state index in [1.807, 2.05) is 0 Å². The van der Waals surface area contributed by atoms with Crippen LogP contribution in [-0.4, -0.2) is 9.97 Å². The maximum Gasteiger partial charge on any atom is 0.219 e. The van der Waals surface area contributed by atoms with Gasteiger partial charge in [0.1, 0.15) is 0 Å². The summed E-state index contributed by atoms with van der Waals surface area (Å²) < 4.78 is 0. The minimum Gasteiger partial charge on any atom is -0.368 e. The lowest BCUT2D eigenvalue weighted by Crippen LogP contribution is -1.94. The van der Waals surface area contributed by atoms with Crippen molar-refractivity contribution in [3.63, 3.8) is 0 Å². The molecule has 0 spiro atoms. The fourth-order valence-electron chi connectivity index (χ4n) is 1.61. The molecule has 76 valence electrons. The van der Waals surface area contributed by atoms with Crippen LogP contribution in [0.4, 0.5) is 5.95 Å². The number of hydrogen-bond donors (Lipinski definition) is 1. The van der Waals surface area contributed by atoms with Gasteiger partial charge in [0.25, 0.3) is 0 Å². The van der Waals surface area contributed by atoms with E-state index in [4.69, 9.17) is 5.73 Å². The largest absolute Gasteiger partial charge is 0.368 e. The molecular weight excluding hydrogens is 186 g/mol. The van der Waals surface area contributed by atoms with Gasteiger partial charge in [-0.3, -0.25) is 0 Å². The molecular formula is C12H13N3. The number of anilines is 1. The van der Waals surface area contributed by atoms with Crippen LogP contribution in [-0.2, 0) is 0 Å². The van der Waals surface area contributed by atoms with Gasteiger partial charge in [0.2, 0.25) is 5.95 Å². The Hall–Kier alpha value is -1.90. The number of nitrogen functional groups attached to an aromatic ring is 1. The summed E-state index contributed by atoms with van der Waals surface area (Å²) in [6.45, 7) is 4.16. The van der Waals surface area contributed by atoms with Gasteiger partial charge >= 0.3 is 0 Å². The molecule has 1 aromatic heterocycles. The number of hydrogen-bond acceptors (Lipinski definition) is 3. The van der Waals surface area contributed by atoms with Crippen LogP contribution in [0.1, 0.15) is 11.1 Å². The summed E-state index contributed by atoms with van der Waals surface area (Å²) in [7, 11) is 0. The van der Waals surface area contributed by atoms with E-state index in [1.165, 1.54) is 11.1 Å². The van der Waals surface area contributed by atoms with Gasteiger partial charge in [-0.2, -0.15) is 0 Å². The molecule has 2 rings (SSSR count). The number of nitrogens with two attached hydrogens (primary N) is 1. The summed E-state index contributed by atoms with van der Waals surface area (Å²) in [5, 5.41) is 0. The van der Waals surface area contributed by atoms with E-state index in [0.29, 0.717) is 5.95 Å². The smallest absolute Gasteiger partial charge is 0.219 e. The Morgan fingerprint density at radius 1 is 1.07 bits per heavy atom. The standard InChI is InChI=1S/C12H13N3/c1-8-3-4-11(9(2)5-8)10-6-14-12(13)15-7-10/h3-7H,1-2H3,(H2,13,14,15). The fraction of sp³-hybridized carbons (Fsp3) is 0.167. The Morgan fingerprint density at radius 2 is 1.73 bits per heavy atom. The number of aryl methyl sites for hydroxylation is 2.